The molecule has 1 heterocycles. The number of halogens is 1. The van der Waals surface area contributed by atoms with Crippen molar-refractivity contribution in [2.45, 2.75) is 18.9 Å². The lowest BCUT2D eigenvalue weighted by Crippen LogP contribution is -3.00. The summed E-state index contributed by atoms with van der Waals surface area (Å²) in [6.07, 6.45) is 1.84. The van der Waals surface area contributed by atoms with Crippen molar-refractivity contribution in [2.75, 3.05) is 27.7 Å². The van der Waals surface area contributed by atoms with E-state index >= 15 is 0 Å². The lowest BCUT2D eigenvalue weighted by molar-refractivity contribution is -0.923. The molecule has 0 aromatic heterocycles. The van der Waals surface area contributed by atoms with Gasteiger partial charge < -0.3 is 43.4 Å². The molecule has 0 bridgehead atoms. The van der Waals surface area contributed by atoms with Crippen molar-refractivity contribution in [3.63, 3.8) is 0 Å². The van der Waals surface area contributed by atoms with Crippen LogP contribution in [0.3, 0.4) is 0 Å². The Morgan fingerprint density at radius 2 is 1.79 bits per heavy atom. The van der Waals surface area contributed by atoms with Gasteiger partial charge in [0.25, 0.3) is 0 Å². The minimum absolute atomic E-state index is 0. The second-order valence-corrected chi connectivity index (χ2v) is 6.86. The van der Waals surface area contributed by atoms with Crippen molar-refractivity contribution >= 4 is 0 Å². The number of fused-ring (bicyclic) bond motifs is 1. The monoisotopic (exact) mass is 441 g/mol. The quantitative estimate of drug-likeness (QED) is 0.522. The largest absolute Gasteiger partial charge is 1.00 e. The highest BCUT2D eigenvalue weighted by molar-refractivity contribution is 5.48. The SMILES string of the molecule is COc1cc2c(cc1O)[C@@H](Cc1ccc(O)cc1)[N+](C)(C)CC2.[I-]. The van der Waals surface area contributed by atoms with E-state index in [4.69, 9.17) is 4.74 Å². The minimum Gasteiger partial charge on any atom is -1.00 e. The second-order valence-electron chi connectivity index (χ2n) is 6.86. The van der Waals surface area contributed by atoms with Crippen molar-refractivity contribution in [1.29, 1.82) is 0 Å². The first-order valence-electron chi connectivity index (χ1n) is 7.91. The van der Waals surface area contributed by atoms with Gasteiger partial charge in [-0.1, -0.05) is 12.1 Å². The molecule has 2 N–H and O–H groups in total. The molecule has 0 unspecified atom stereocenters. The van der Waals surface area contributed by atoms with Crippen LogP contribution in [-0.2, 0) is 12.8 Å². The summed E-state index contributed by atoms with van der Waals surface area (Å²) in [5, 5.41) is 19.7. The lowest BCUT2D eigenvalue weighted by atomic mass is 9.87. The Hall–Kier alpha value is -1.47. The molecule has 2 aromatic carbocycles. The van der Waals surface area contributed by atoms with Crippen LogP contribution in [0, 0.1) is 0 Å². The van der Waals surface area contributed by atoms with E-state index in [2.05, 4.69) is 14.1 Å². The highest BCUT2D eigenvalue weighted by atomic mass is 127. The standard InChI is InChI=1S/C19H23NO3.HI/c1-20(2)9-8-14-11-19(23-3)18(22)12-16(14)17(20)10-13-4-6-15(21)7-5-13;/h4-7,11-12,17H,8-10H2,1-3H3,(H-,21,22);1H/t17-;/m1./s1. The number of phenolic OH excluding ortho intramolecular Hbond substituents is 2. The summed E-state index contributed by atoms with van der Waals surface area (Å²) in [4.78, 5) is 0. The van der Waals surface area contributed by atoms with Crippen LogP contribution in [0.25, 0.3) is 0 Å². The van der Waals surface area contributed by atoms with E-state index in [9.17, 15) is 10.2 Å². The second kappa shape index (κ2) is 7.19. The van der Waals surface area contributed by atoms with Crippen LogP contribution in [0.4, 0.5) is 0 Å². The van der Waals surface area contributed by atoms with Gasteiger partial charge in [-0.2, -0.15) is 0 Å². The number of quaternary nitrogens is 1. The molecule has 0 aliphatic carbocycles. The van der Waals surface area contributed by atoms with Crippen LogP contribution in [-0.4, -0.2) is 42.4 Å². The maximum absolute atomic E-state index is 10.2. The topological polar surface area (TPSA) is 49.7 Å². The molecule has 0 saturated carbocycles. The molecule has 130 valence electrons. The fourth-order valence-electron chi connectivity index (χ4n) is 3.47. The first-order valence-corrected chi connectivity index (χ1v) is 7.91. The Morgan fingerprint density at radius 3 is 2.42 bits per heavy atom. The smallest absolute Gasteiger partial charge is 0.160 e. The van der Waals surface area contributed by atoms with Gasteiger partial charge in [-0.15, -0.1) is 0 Å². The van der Waals surface area contributed by atoms with Crippen molar-refractivity contribution < 1.29 is 43.4 Å². The van der Waals surface area contributed by atoms with Crippen LogP contribution in [0.5, 0.6) is 17.2 Å². The lowest BCUT2D eigenvalue weighted by Gasteiger charge is -2.43. The zero-order valence-corrected chi connectivity index (χ0v) is 16.4. The van der Waals surface area contributed by atoms with E-state index in [0.29, 0.717) is 5.75 Å². The van der Waals surface area contributed by atoms with E-state index in [1.165, 1.54) is 16.7 Å². The van der Waals surface area contributed by atoms with Gasteiger partial charge in [0.2, 0.25) is 0 Å². The first kappa shape index (κ1) is 18.9. The first-order chi connectivity index (χ1) is 10.9. The Bertz CT molecular complexity index is 713. The fraction of sp³-hybridized carbons (Fsp3) is 0.368. The molecule has 0 fully saturated rings. The molecule has 24 heavy (non-hydrogen) atoms. The van der Waals surface area contributed by atoms with Gasteiger partial charge >= 0.3 is 0 Å². The number of rotatable bonds is 3. The molecule has 0 saturated heterocycles. The minimum atomic E-state index is 0. The summed E-state index contributed by atoms with van der Waals surface area (Å²) >= 11 is 0. The van der Waals surface area contributed by atoms with Crippen LogP contribution < -0.4 is 28.7 Å². The average Bonchev–Trinajstić information content (AvgIpc) is 2.52. The fourth-order valence-corrected chi connectivity index (χ4v) is 3.47. The van der Waals surface area contributed by atoms with Gasteiger partial charge in [-0.3, -0.25) is 0 Å². The number of hydrogen-bond acceptors (Lipinski definition) is 3. The molecule has 1 atom stereocenters. The van der Waals surface area contributed by atoms with Gasteiger partial charge in [0.1, 0.15) is 11.8 Å². The van der Waals surface area contributed by atoms with Crippen molar-refractivity contribution in [3.8, 4) is 17.2 Å². The molecular formula is C19H24INO3. The molecule has 1 aliphatic heterocycles. The number of benzene rings is 2. The van der Waals surface area contributed by atoms with Gasteiger partial charge in [0.05, 0.1) is 27.7 Å². The summed E-state index contributed by atoms with van der Waals surface area (Å²) in [5.41, 5.74) is 3.62. The Morgan fingerprint density at radius 1 is 1.12 bits per heavy atom. The van der Waals surface area contributed by atoms with Crippen molar-refractivity contribution in [2.24, 2.45) is 0 Å². The summed E-state index contributed by atoms with van der Waals surface area (Å²) in [7, 11) is 6.04. The third kappa shape index (κ3) is 3.62. The molecule has 4 nitrogen and oxygen atoms in total. The number of phenols is 2. The Kier molecular flexibility index (Phi) is 5.65. The van der Waals surface area contributed by atoms with Gasteiger partial charge in [-0.05, 0) is 35.4 Å². The maximum Gasteiger partial charge on any atom is 0.160 e. The molecule has 0 radical (unpaired) electrons. The van der Waals surface area contributed by atoms with Crippen LogP contribution in [0.1, 0.15) is 22.7 Å². The Labute approximate surface area is 160 Å². The zero-order chi connectivity index (χ0) is 16.6. The highest BCUT2D eigenvalue weighted by Gasteiger charge is 2.36. The highest BCUT2D eigenvalue weighted by Crippen LogP contribution is 2.41. The van der Waals surface area contributed by atoms with Crippen molar-refractivity contribution in [1.82, 2.24) is 0 Å². The third-order valence-corrected chi connectivity index (χ3v) is 4.97. The normalized spacial score (nSPS) is 18.4. The number of hydrogen-bond donors (Lipinski definition) is 2. The molecule has 0 amide bonds. The summed E-state index contributed by atoms with van der Waals surface area (Å²) in [6.45, 7) is 1.05. The summed E-state index contributed by atoms with van der Waals surface area (Å²) in [6, 6.07) is 11.5. The molecule has 1 aliphatic rings. The van der Waals surface area contributed by atoms with Gasteiger partial charge in [-0.25, -0.2) is 0 Å². The molecular weight excluding hydrogens is 417 g/mol. The molecule has 3 rings (SSSR count). The van der Waals surface area contributed by atoms with Crippen LogP contribution >= 0.6 is 0 Å². The van der Waals surface area contributed by atoms with Crippen molar-refractivity contribution in [3.05, 3.63) is 53.1 Å². The molecule has 5 heteroatoms. The number of methoxy groups -OCH3 is 1. The van der Waals surface area contributed by atoms with Gasteiger partial charge in [0.15, 0.2) is 11.5 Å². The molecule has 0 spiro atoms. The number of ether oxygens (including phenoxy) is 1. The summed E-state index contributed by atoms with van der Waals surface area (Å²) in [5.74, 6) is 1.03. The molecule has 2 aromatic rings. The number of nitrogens with zero attached hydrogens (tertiary/aromatic N) is 1. The predicted molar refractivity (Wildman–Crippen MR) is 89.9 cm³/mol. The van der Waals surface area contributed by atoms with Crippen LogP contribution in [0.15, 0.2) is 36.4 Å². The zero-order valence-electron chi connectivity index (χ0n) is 14.3. The van der Waals surface area contributed by atoms with Crippen LogP contribution in [0.2, 0.25) is 0 Å². The average molecular weight is 441 g/mol. The number of aromatic hydroxyl groups is 2. The van der Waals surface area contributed by atoms with E-state index in [1.807, 2.05) is 24.3 Å². The van der Waals surface area contributed by atoms with E-state index in [-0.39, 0.29) is 41.5 Å². The number of likely N-dealkylation sites (N-methyl/N-ethyl adjacent to an activating group) is 1. The van der Waals surface area contributed by atoms with E-state index in [0.717, 1.165) is 23.9 Å². The third-order valence-electron chi connectivity index (χ3n) is 4.97. The van der Waals surface area contributed by atoms with E-state index in [1.54, 1.807) is 19.2 Å². The van der Waals surface area contributed by atoms with E-state index < -0.39 is 0 Å². The summed E-state index contributed by atoms with van der Waals surface area (Å²) < 4.78 is 6.12. The van der Waals surface area contributed by atoms with Gasteiger partial charge in [0, 0.05) is 18.4 Å². The predicted octanol–water partition coefficient (Wildman–Crippen LogP) is 0.0267. The maximum atomic E-state index is 10.2. The Balaban J connectivity index is 0.00000208.